The summed E-state index contributed by atoms with van der Waals surface area (Å²) >= 11 is 0. The summed E-state index contributed by atoms with van der Waals surface area (Å²) in [5.74, 6) is 0.384. The van der Waals surface area contributed by atoms with Crippen LogP contribution in [0.5, 0.6) is 5.75 Å². The van der Waals surface area contributed by atoms with Crippen molar-refractivity contribution in [3.8, 4) is 5.75 Å². The van der Waals surface area contributed by atoms with Gasteiger partial charge in [0.15, 0.2) is 11.6 Å². The van der Waals surface area contributed by atoms with E-state index >= 15 is 0 Å². The van der Waals surface area contributed by atoms with Crippen LogP contribution in [0.3, 0.4) is 0 Å². The summed E-state index contributed by atoms with van der Waals surface area (Å²) in [5.41, 5.74) is 0.936. The fraction of sp³-hybridized carbons (Fsp3) is 0.412. The number of halogens is 1. The van der Waals surface area contributed by atoms with Gasteiger partial charge in [0.25, 0.3) is 0 Å². The molecule has 1 atom stereocenters. The number of para-hydroxylation sites is 1. The summed E-state index contributed by atoms with van der Waals surface area (Å²) in [7, 11) is 0. The van der Waals surface area contributed by atoms with Gasteiger partial charge < -0.3 is 19.4 Å². The number of morpholine rings is 1. The van der Waals surface area contributed by atoms with Gasteiger partial charge in [-0.2, -0.15) is 0 Å². The number of aryl methyl sites for hydroxylation is 1. The van der Waals surface area contributed by atoms with E-state index in [-0.39, 0.29) is 30.7 Å². The zero-order chi connectivity index (χ0) is 16.9. The molecule has 3 rings (SSSR count). The van der Waals surface area contributed by atoms with Crippen LogP contribution in [0, 0.1) is 12.7 Å². The molecule has 1 amide bonds. The highest BCUT2D eigenvalue weighted by atomic mass is 19.1. The molecule has 2 aromatic rings. The number of hydrogen-bond acceptors (Lipinski definition) is 4. The van der Waals surface area contributed by atoms with Crippen molar-refractivity contribution in [3.63, 3.8) is 0 Å². The number of aromatic nitrogens is 2. The molecule has 6 nitrogen and oxygen atoms in total. The Morgan fingerprint density at radius 2 is 2.33 bits per heavy atom. The standard InChI is InChI=1S/C17H20FN3O3/c1-12-10-19-17(20-12)14-11-23-9-7-21(14)16(22)6-8-24-15-5-3-2-4-13(15)18/h2-5,10,14H,6-9,11H2,1H3,(H,19,20). The molecule has 1 fully saturated rings. The molecule has 0 radical (unpaired) electrons. The van der Waals surface area contributed by atoms with Crippen molar-refractivity contribution in [1.82, 2.24) is 14.9 Å². The van der Waals surface area contributed by atoms with Gasteiger partial charge in [-0.1, -0.05) is 12.1 Å². The van der Waals surface area contributed by atoms with Crippen LogP contribution in [0.2, 0.25) is 0 Å². The molecular formula is C17H20FN3O3. The Hall–Kier alpha value is -2.41. The number of nitrogens with zero attached hydrogens (tertiary/aromatic N) is 2. The number of H-pyrrole nitrogens is 1. The number of aromatic amines is 1. The maximum atomic E-state index is 13.5. The van der Waals surface area contributed by atoms with E-state index in [0.717, 1.165) is 11.5 Å². The van der Waals surface area contributed by atoms with Gasteiger partial charge in [0.2, 0.25) is 5.91 Å². The van der Waals surface area contributed by atoms with Crippen LogP contribution in [0.1, 0.15) is 24.0 Å². The Kier molecular flexibility index (Phi) is 5.10. The summed E-state index contributed by atoms with van der Waals surface area (Å²) in [4.78, 5) is 21.7. The monoisotopic (exact) mass is 333 g/mol. The second-order valence-corrected chi connectivity index (χ2v) is 5.66. The van der Waals surface area contributed by atoms with Crippen LogP contribution < -0.4 is 4.74 Å². The smallest absolute Gasteiger partial charge is 0.226 e. The number of carbonyl (C=O) groups is 1. The Morgan fingerprint density at radius 1 is 1.50 bits per heavy atom. The highest BCUT2D eigenvalue weighted by molar-refractivity contribution is 5.76. The van der Waals surface area contributed by atoms with Crippen LogP contribution in [-0.4, -0.2) is 47.1 Å². The maximum absolute atomic E-state index is 13.5. The van der Waals surface area contributed by atoms with Crippen molar-refractivity contribution < 1.29 is 18.7 Å². The van der Waals surface area contributed by atoms with Crippen molar-refractivity contribution in [2.45, 2.75) is 19.4 Å². The summed E-state index contributed by atoms with van der Waals surface area (Å²) in [5, 5.41) is 0. The molecule has 1 aromatic heterocycles. The number of nitrogens with one attached hydrogen (secondary N) is 1. The zero-order valence-corrected chi connectivity index (χ0v) is 13.5. The number of imidazole rings is 1. The van der Waals surface area contributed by atoms with Gasteiger partial charge in [0, 0.05) is 18.4 Å². The molecule has 0 bridgehead atoms. The number of amides is 1. The lowest BCUT2D eigenvalue weighted by atomic mass is 10.2. The molecule has 0 aliphatic carbocycles. The van der Waals surface area contributed by atoms with Gasteiger partial charge in [0.05, 0.1) is 26.2 Å². The number of benzene rings is 1. The molecule has 0 saturated carbocycles. The number of hydrogen-bond donors (Lipinski definition) is 1. The third-order valence-electron chi connectivity index (χ3n) is 3.90. The Balaban J connectivity index is 1.59. The SMILES string of the molecule is Cc1cnc(C2COCCN2C(=O)CCOc2ccccc2F)[nH]1. The Labute approximate surface area is 139 Å². The molecule has 2 heterocycles. The molecule has 128 valence electrons. The second kappa shape index (κ2) is 7.44. The van der Waals surface area contributed by atoms with E-state index in [0.29, 0.717) is 19.8 Å². The van der Waals surface area contributed by atoms with Crippen molar-refractivity contribution in [2.24, 2.45) is 0 Å². The normalized spacial score (nSPS) is 17.8. The van der Waals surface area contributed by atoms with E-state index in [2.05, 4.69) is 9.97 Å². The van der Waals surface area contributed by atoms with Crippen LogP contribution in [0.4, 0.5) is 4.39 Å². The van der Waals surface area contributed by atoms with E-state index in [1.807, 2.05) is 6.92 Å². The largest absolute Gasteiger partial charge is 0.490 e. The lowest BCUT2D eigenvalue weighted by Crippen LogP contribution is -2.44. The average Bonchev–Trinajstić information content (AvgIpc) is 3.03. The minimum Gasteiger partial charge on any atom is -0.490 e. The van der Waals surface area contributed by atoms with Gasteiger partial charge in [-0.15, -0.1) is 0 Å². The quantitative estimate of drug-likeness (QED) is 0.911. The predicted molar refractivity (Wildman–Crippen MR) is 85.1 cm³/mol. The van der Waals surface area contributed by atoms with Crippen LogP contribution in [0.25, 0.3) is 0 Å². The predicted octanol–water partition coefficient (Wildman–Crippen LogP) is 2.23. The van der Waals surface area contributed by atoms with Crippen LogP contribution >= 0.6 is 0 Å². The topological polar surface area (TPSA) is 67.4 Å². The lowest BCUT2D eigenvalue weighted by molar-refractivity contribution is -0.141. The van der Waals surface area contributed by atoms with Gasteiger partial charge >= 0.3 is 0 Å². The molecule has 1 unspecified atom stereocenters. The summed E-state index contributed by atoms with van der Waals surface area (Å²) in [6.07, 6.45) is 1.90. The molecule has 1 aromatic carbocycles. The summed E-state index contributed by atoms with van der Waals surface area (Å²) in [6, 6.07) is 5.93. The van der Waals surface area contributed by atoms with Crippen LogP contribution in [0.15, 0.2) is 30.5 Å². The van der Waals surface area contributed by atoms with Crippen molar-refractivity contribution in [3.05, 3.63) is 47.8 Å². The maximum Gasteiger partial charge on any atom is 0.226 e. The summed E-state index contributed by atoms with van der Waals surface area (Å²) < 4.78 is 24.4. The third-order valence-corrected chi connectivity index (χ3v) is 3.90. The minimum absolute atomic E-state index is 0.0614. The number of ether oxygens (including phenoxy) is 2. The molecule has 1 aliphatic heterocycles. The molecule has 7 heteroatoms. The first-order chi connectivity index (χ1) is 11.6. The van der Waals surface area contributed by atoms with Gasteiger partial charge in [-0.25, -0.2) is 9.37 Å². The second-order valence-electron chi connectivity index (χ2n) is 5.66. The molecule has 1 aliphatic rings. The minimum atomic E-state index is -0.430. The number of rotatable bonds is 5. The Morgan fingerprint density at radius 3 is 3.08 bits per heavy atom. The lowest BCUT2D eigenvalue weighted by Gasteiger charge is -2.34. The first-order valence-corrected chi connectivity index (χ1v) is 7.91. The van der Waals surface area contributed by atoms with E-state index < -0.39 is 5.82 Å². The number of carbonyl (C=O) groups excluding carboxylic acids is 1. The third kappa shape index (κ3) is 3.73. The van der Waals surface area contributed by atoms with Gasteiger partial charge in [-0.05, 0) is 19.1 Å². The Bertz CT molecular complexity index is 704. The molecule has 24 heavy (non-hydrogen) atoms. The highest BCUT2D eigenvalue weighted by Crippen LogP contribution is 2.23. The van der Waals surface area contributed by atoms with Crippen molar-refractivity contribution in [2.75, 3.05) is 26.4 Å². The van der Waals surface area contributed by atoms with Gasteiger partial charge in [0.1, 0.15) is 11.9 Å². The first-order valence-electron chi connectivity index (χ1n) is 7.91. The fourth-order valence-corrected chi connectivity index (χ4v) is 2.68. The molecular weight excluding hydrogens is 313 g/mol. The van der Waals surface area contributed by atoms with Crippen LogP contribution in [-0.2, 0) is 9.53 Å². The molecule has 1 N–H and O–H groups in total. The summed E-state index contributed by atoms with van der Waals surface area (Å²) in [6.45, 7) is 3.45. The van der Waals surface area contributed by atoms with E-state index in [1.165, 1.54) is 6.07 Å². The highest BCUT2D eigenvalue weighted by Gasteiger charge is 2.30. The van der Waals surface area contributed by atoms with Gasteiger partial charge in [-0.3, -0.25) is 4.79 Å². The van der Waals surface area contributed by atoms with E-state index in [9.17, 15) is 9.18 Å². The van der Waals surface area contributed by atoms with E-state index in [4.69, 9.17) is 9.47 Å². The van der Waals surface area contributed by atoms with Crippen molar-refractivity contribution in [1.29, 1.82) is 0 Å². The molecule has 0 spiro atoms. The van der Waals surface area contributed by atoms with E-state index in [1.54, 1.807) is 29.3 Å². The first kappa shape index (κ1) is 16.4. The zero-order valence-electron chi connectivity index (χ0n) is 13.5. The van der Waals surface area contributed by atoms with Crippen molar-refractivity contribution >= 4 is 5.91 Å². The fourth-order valence-electron chi connectivity index (χ4n) is 2.68. The molecule has 1 saturated heterocycles. The average molecular weight is 333 g/mol.